The van der Waals surface area contributed by atoms with Crippen LogP contribution >= 0.6 is 11.6 Å². The van der Waals surface area contributed by atoms with Gasteiger partial charge in [-0.25, -0.2) is 0 Å². The third-order valence-corrected chi connectivity index (χ3v) is 3.83. The van der Waals surface area contributed by atoms with Crippen LogP contribution in [-0.4, -0.2) is 0 Å². The van der Waals surface area contributed by atoms with Crippen molar-refractivity contribution in [1.82, 2.24) is 0 Å². The van der Waals surface area contributed by atoms with Gasteiger partial charge >= 0.3 is 0 Å². The number of aryl methyl sites for hydroxylation is 1. The van der Waals surface area contributed by atoms with Crippen molar-refractivity contribution in [1.29, 1.82) is 0 Å². The molecule has 0 atom stereocenters. The fourth-order valence-electron chi connectivity index (χ4n) is 2.47. The lowest BCUT2D eigenvalue weighted by molar-refractivity contribution is 1.45. The first kappa shape index (κ1) is 13.0. The second-order valence-corrected chi connectivity index (χ2v) is 5.28. The molecule has 3 rings (SSSR count). The van der Waals surface area contributed by atoms with Gasteiger partial charge in [0.1, 0.15) is 0 Å². The predicted octanol–water partition coefficient (Wildman–Crippen LogP) is 5.98. The third-order valence-electron chi connectivity index (χ3n) is 3.50. The molecular weight excluding hydrogens is 264 g/mol. The fourth-order valence-corrected chi connectivity index (χ4v) is 2.71. The van der Waals surface area contributed by atoms with Gasteiger partial charge in [0.2, 0.25) is 0 Å². The molecule has 0 saturated heterocycles. The van der Waals surface area contributed by atoms with Gasteiger partial charge in [0.05, 0.1) is 0 Å². The van der Waals surface area contributed by atoms with Crippen LogP contribution < -0.4 is 0 Å². The van der Waals surface area contributed by atoms with Crippen molar-refractivity contribution in [3.63, 3.8) is 0 Å². The SMILES string of the molecule is Cc1cc(-c2ccccc2Cl)ccc1-c1ccccc1. The first-order valence-electron chi connectivity index (χ1n) is 6.67. The summed E-state index contributed by atoms with van der Waals surface area (Å²) in [6.45, 7) is 2.14. The van der Waals surface area contributed by atoms with Crippen molar-refractivity contribution >= 4 is 11.6 Å². The van der Waals surface area contributed by atoms with Gasteiger partial charge in [-0.1, -0.05) is 78.3 Å². The molecule has 0 aliphatic rings. The van der Waals surface area contributed by atoms with E-state index in [2.05, 4.69) is 55.5 Å². The van der Waals surface area contributed by atoms with Crippen LogP contribution in [-0.2, 0) is 0 Å². The maximum absolute atomic E-state index is 6.27. The minimum absolute atomic E-state index is 0.791. The number of hydrogen-bond donors (Lipinski definition) is 0. The smallest absolute Gasteiger partial charge is 0.0484 e. The van der Waals surface area contributed by atoms with E-state index in [1.807, 2.05) is 24.3 Å². The normalized spacial score (nSPS) is 10.5. The molecule has 0 spiro atoms. The molecule has 0 aliphatic heterocycles. The zero-order chi connectivity index (χ0) is 13.9. The Balaban J connectivity index is 2.07. The topological polar surface area (TPSA) is 0 Å². The molecule has 98 valence electrons. The summed E-state index contributed by atoms with van der Waals surface area (Å²) in [5, 5.41) is 0.791. The second kappa shape index (κ2) is 5.52. The molecular formula is C19H15Cl. The lowest BCUT2D eigenvalue weighted by Crippen LogP contribution is -1.86. The van der Waals surface area contributed by atoms with E-state index in [0.717, 1.165) is 16.1 Å². The Kier molecular flexibility index (Phi) is 3.58. The molecule has 0 fully saturated rings. The van der Waals surface area contributed by atoms with Crippen LogP contribution in [0.3, 0.4) is 0 Å². The standard InChI is InChI=1S/C19H15Cl/c1-14-13-16(18-9-5-6-10-19(18)20)11-12-17(14)15-7-3-2-4-8-15/h2-13H,1H3. The van der Waals surface area contributed by atoms with E-state index in [0.29, 0.717) is 0 Å². The van der Waals surface area contributed by atoms with Gasteiger partial charge in [0.15, 0.2) is 0 Å². The van der Waals surface area contributed by atoms with E-state index in [1.165, 1.54) is 16.7 Å². The molecule has 0 saturated carbocycles. The Morgan fingerprint density at radius 2 is 1.35 bits per heavy atom. The molecule has 0 heterocycles. The van der Waals surface area contributed by atoms with Gasteiger partial charge in [-0.15, -0.1) is 0 Å². The van der Waals surface area contributed by atoms with Crippen molar-refractivity contribution < 1.29 is 0 Å². The Labute approximate surface area is 124 Å². The summed E-state index contributed by atoms with van der Waals surface area (Å²) >= 11 is 6.27. The molecule has 0 aromatic heterocycles. The van der Waals surface area contributed by atoms with Crippen molar-refractivity contribution in [2.24, 2.45) is 0 Å². The minimum Gasteiger partial charge on any atom is -0.0837 e. The summed E-state index contributed by atoms with van der Waals surface area (Å²) in [7, 11) is 0. The first-order chi connectivity index (χ1) is 9.75. The fraction of sp³-hybridized carbons (Fsp3) is 0.0526. The zero-order valence-corrected chi connectivity index (χ0v) is 12.1. The Hall–Kier alpha value is -2.05. The number of hydrogen-bond acceptors (Lipinski definition) is 0. The molecule has 3 aromatic carbocycles. The van der Waals surface area contributed by atoms with Gasteiger partial charge in [0.25, 0.3) is 0 Å². The van der Waals surface area contributed by atoms with E-state index in [-0.39, 0.29) is 0 Å². The molecule has 0 unspecified atom stereocenters. The van der Waals surface area contributed by atoms with Crippen molar-refractivity contribution in [3.05, 3.63) is 83.4 Å². The maximum atomic E-state index is 6.27. The number of rotatable bonds is 2. The van der Waals surface area contributed by atoms with Crippen LogP contribution in [0.15, 0.2) is 72.8 Å². The van der Waals surface area contributed by atoms with Crippen LogP contribution in [0.4, 0.5) is 0 Å². The molecule has 20 heavy (non-hydrogen) atoms. The second-order valence-electron chi connectivity index (χ2n) is 4.88. The zero-order valence-electron chi connectivity index (χ0n) is 11.3. The van der Waals surface area contributed by atoms with Crippen LogP contribution in [0.2, 0.25) is 5.02 Å². The molecule has 0 amide bonds. The van der Waals surface area contributed by atoms with Crippen LogP contribution in [0.5, 0.6) is 0 Å². The van der Waals surface area contributed by atoms with E-state index in [4.69, 9.17) is 11.6 Å². The summed E-state index contributed by atoms with van der Waals surface area (Å²) in [5.41, 5.74) is 6.01. The van der Waals surface area contributed by atoms with Crippen molar-refractivity contribution in [3.8, 4) is 22.3 Å². The molecule has 0 aliphatic carbocycles. The van der Waals surface area contributed by atoms with E-state index < -0.39 is 0 Å². The molecule has 0 radical (unpaired) electrons. The molecule has 3 aromatic rings. The highest BCUT2D eigenvalue weighted by Gasteiger charge is 2.06. The average molecular weight is 279 g/mol. The number of halogens is 1. The van der Waals surface area contributed by atoms with E-state index in [9.17, 15) is 0 Å². The molecule has 0 N–H and O–H groups in total. The largest absolute Gasteiger partial charge is 0.0837 e. The third kappa shape index (κ3) is 2.48. The highest BCUT2D eigenvalue weighted by molar-refractivity contribution is 6.33. The Morgan fingerprint density at radius 1 is 0.650 bits per heavy atom. The van der Waals surface area contributed by atoms with Crippen LogP contribution in [0, 0.1) is 6.92 Å². The van der Waals surface area contributed by atoms with Gasteiger partial charge < -0.3 is 0 Å². The summed E-state index contributed by atoms with van der Waals surface area (Å²) < 4.78 is 0. The summed E-state index contributed by atoms with van der Waals surface area (Å²) in [4.78, 5) is 0. The number of benzene rings is 3. The molecule has 0 bridgehead atoms. The first-order valence-corrected chi connectivity index (χ1v) is 7.04. The summed E-state index contributed by atoms with van der Waals surface area (Å²) in [5.74, 6) is 0. The lowest BCUT2D eigenvalue weighted by Gasteiger charge is -2.10. The van der Waals surface area contributed by atoms with Crippen molar-refractivity contribution in [2.75, 3.05) is 0 Å². The van der Waals surface area contributed by atoms with Gasteiger partial charge in [-0.2, -0.15) is 0 Å². The van der Waals surface area contributed by atoms with Crippen molar-refractivity contribution in [2.45, 2.75) is 6.92 Å². The highest BCUT2D eigenvalue weighted by Crippen LogP contribution is 2.31. The Morgan fingerprint density at radius 3 is 2.05 bits per heavy atom. The van der Waals surface area contributed by atoms with Gasteiger partial charge in [-0.3, -0.25) is 0 Å². The van der Waals surface area contributed by atoms with Crippen LogP contribution in [0.25, 0.3) is 22.3 Å². The van der Waals surface area contributed by atoms with Gasteiger partial charge in [0, 0.05) is 10.6 Å². The molecule has 1 heteroatoms. The molecule has 0 nitrogen and oxygen atoms in total. The van der Waals surface area contributed by atoms with E-state index in [1.54, 1.807) is 0 Å². The summed E-state index contributed by atoms with van der Waals surface area (Å²) in [6, 6.07) is 24.9. The highest BCUT2D eigenvalue weighted by atomic mass is 35.5. The van der Waals surface area contributed by atoms with Gasteiger partial charge in [-0.05, 0) is 35.2 Å². The average Bonchev–Trinajstić information content (AvgIpc) is 2.48. The van der Waals surface area contributed by atoms with E-state index >= 15 is 0 Å². The van der Waals surface area contributed by atoms with Crippen LogP contribution in [0.1, 0.15) is 5.56 Å². The lowest BCUT2D eigenvalue weighted by atomic mass is 9.96. The monoisotopic (exact) mass is 278 g/mol. The minimum atomic E-state index is 0.791. The summed E-state index contributed by atoms with van der Waals surface area (Å²) in [6.07, 6.45) is 0. The predicted molar refractivity (Wildman–Crippen MR) is 87.1 cm³/mol. The Bertz CT molecular complexity index is 730. The maximum Gasteiger partial charge on any atom is 0.0484 e. The quantitative estimate of drug-likeness (QED) is 0.541.